The molecule has 0 saturated carbocycles. The quantitative estimate of drug-likeness (QED) is 0.864. The third-order valence-electron chi connectivity index (χ3n) is 3.86. The largest absolute Gasteiger partial charge is 0.371 e. The van der Waals surface area contributed by atoms with Gasteiger partial charge in [0.05, 0.1) is 0 Å². The van der Waals surface area contributed by atoms with Crippen LogP contribution in [0.15, 0.2) is 22.7 Å². The predicted octanol–water partition coefficient (Wildman–Crippen LogP) is 2.26. The number of anilines is 1. The van der Waals surface area contributed by atoms with Crippen LogP contribution < -0.4 is 16.0 Å². The second-order valence-electron chi connectivity index (χ2n) is 5.40. The monoisotopic (exact) mass is 339 g/mol. The van der Waals surface area contributed by atoms with Gasteiger partial charge in [0.1, 0.15) is 0 Å². The lowest BCUT2D eigenvalue weighted by Gasteiger charge is -2.34. The fraction of sp³-hybridized carbons (Fsp3) is 0.533. The van der Waals surface area contributed by atoms with Gasteiger partial charge in [-0.15, -0.1) is 0 Å². The molecule has 0 aliphatic carbocycles. The summed E-state index contributed by atoms with van der Waals surface area (Å²) in [5.74, 6) is 0.269. The Hall–Kier alpha value is -1.07. The summed E-state index contributed by atoms with van der Waals surface area (Å²) < 4.78 is 1.10. The van der Waals surface area contributed by atoms with E-state index in [0.29, 0.717) is 12.3 Å². The van der Waals surface area contributed by atoms with Crippen molar-refractivity contribution in [1.29, 1.82) is 0 Å². The number of amides is 1. The van der Waals surface area contributed by atoms with Crippen molar-refractivity contribution in [2.45, 2.75) is 25.8 Å². The van der Waals surface area contributed by atoms with Crippen LogP contribution in [0.25, 0.3) is 0 Å². The van der Waals surface area contributed by atoms with Crippen molar-refractivity contribution in [3.05, 3.63) is 28.2 Å². The first-order chi connectivity index (χ1) is 9.60. The fourth-order valence-corrected chi connectivity index (χ4v) is 3.18. The predicted molar refractivity (Wildman–Crippen MR) is 85.7 cm³/mol. The number of benzene rings is 1. The van der Waals surface area contributed by atoms with Crippen LogP contribution in [-0.4, -0.2) is 26.0 Å². The summed E-state index contributed by atoms with van der Waals surface area (Å²) in [5.41, 5.74) is 7.88. The molecule has 1 saturated heterocycles. The van der Waals surface area contributed by atoms with E-state index in [4.69, 9.17) is 5.73 Å². The summed E-state index contributed by atoms with van der Waals surface area (Å²) in [7, 11) is 1.96. The van der Waals surface area contributed by atoms with Gasteiger partial charge in [-0.3, -0.25) is 4.79 Å². The number of hydrogen-bond donors (Lipinski definition) is 2. The molecule has 1 aromatic carbocycles. The van der Waals surface area contributed by atoms with Crippen molar-refractivity contribution in [1.82, 2.24) is 5.32 Å². The lowest BCUT2D eigenvalue weighted by atomic mass is 9.92. The Labute approximate surface area is 128 Å². The van der Waals surface area contributed by atoms with Crippen LogP contribution in [0.3, 0.4) is 0 Å². The maximum Gasteiger partial charge on any atom is 0.217 e. The third-order valence-corrected chi connectivity index (χ3v) is 4.35. The number of primary amides is 1. The molecule has 20 heavy (non-hydrogen) atoms. The normalized spacial score (nSPS) is 16.4. The Balaban J connectivity index is 2.06. The van der Waals surface area contributed by atoms with Crippen LogP contribution in [-0.2, 0) is 11.3 Å². The lowest BCUT2D eigenvalue weighted by Crippen LogP contribution is -2.35. The minimum absolute atomic E-state index is 0.179. The standard InChI is InChI=1S/C15H22BrN3O/c1-18-10-12-2-3-13(16)9-14(12)19-6-4-11(5-7-19)8-15(17)20/h2-3,9,11,18H,4-8,10H2,1H3,(H2,17,20). The van der Waals surface area contributed by atoms with Crippen molar-refractivity contribution in [2.75, 3.05) is 25.0 Å². The number of piperidine rings is 1. The molecule has 0 atom stereocenters. The Kier molecular flexibility index (Phi) is 5.43. The van der Waals surface area contributed by atoms with Crippen molar-refractivity contribution in [3.63, 3.8) is 0 Å². The van der Waals surface area contributed by atoms with Gasteiger partial charge in [0.2, 0.25) is 5.91 Å². The number of halogens is 1. The highest BCUT2D eigenvalue weighted by atomic mass is 79.9. The maximum atomic E-state index is 11.0. The molecule has 1 heterocycles. The van der Waals surface area contributed by atoms with Crippen molar-refractivity contribution in [2.24, 2.45) is 11.7 Å². The summed E-state index contributed by atoms with van der Waals surface area (Å²) in [4.78, 5) is 13.4. The molecule has 0 radical (unpaired) electrons. The second-order valence-corrected chi connectivity index (χ2v) is 6.32. The molecule has 5 heteroatoms. The molecule has 0 spiro atoms. The molecule has 1 aliphatic heterocycles. The van der Waals surface area contributed by atoms with E-state index in [0.717, 1.165) is 36.9 Å². The number of rotatable bonds is 5. The Bertz CT molecular complexity index is 470. The average Bonchev–Trinajstić information content (AvgIpc) is 2.41. The molecule has 2 rings (SSSR count). The van der Waals surface area contributed by atoms with Crippen LogP contribution in [0.2, 0.25) is 0 Å². The van der Waals surface area contributed by atoms with Crippen LogP contribution >= 0.6 is 15.9 Å². The highest BCUT2D eigenvalue weighted by molar-refractivity contribution is 9.10. The Morgan fingerprint density at radius 2 is 2.15 bits per heavy atom. The van der Waals surface area contributed by atoms with E-state index in [2.05, 4.69) is 44.3 Å². The number of carbonyl (C=O) groups is 1. The number of carbonyl (C=O) groups excluding carboxylic acids is 1. The molecule has 0 unspecified atom stereocenters. The topological polar surface area (TPSA) is 58.4 Å². The van der Waals surface area contributed by atoms with Gasteiger partial charge < -0.3 is 16.0 Å². The molecule has 4 nitrogen and oxygen atoms in total. The van der Waals surface area contributed by atoms with E-state index >= 15 is 0 Å². The molecule has 1 amide bonds. The molecule has 0 bridgehead atoms. The Morgan fingerprint density at radius 1 is 1.45 bits per heavy atom. The zero-order valence-corrected chi connectivity index (χ0v) is 13.4. The lowest BCUT2D eigenvalue weighted by molar-refractivity contribution is -0.119. The van der Waals surface area contributed by atoms with Crippen molar-refractivity contribution in [3.8, 4) is 0 Å². The van der Waals surface area contributed by atoms with E-state index in [9.17, 15) is 4.79 Å². The van der Waals surface area contributed by atoms with Crippen LogP contribution in [0.1, 0.15) is 24.8 Å². The van der Waals surface area contributed by atoms with Gasteiger partial charge in [0.25, 0.3) is 0 Å². The fourth-order valence-electron chi connectivity index (χ4n) is 2.83. The van der Waals surface area contributed by atoms with E-state index in [-0.39, 0.29) is 5.91 Å². The van der Waals surface area contributed by atoms with Gasteiger partial charge in [0, 0.05) is 36.2 Å². The van der Waals surface area contributed by atoms with E-state index in [1.165, 1.54) is 11.3 Å². The van der Waals surface area contributed by atoms with Gasteiger partial charge >= 0.3 is 0 Å². The molecule has 0 aromatic heterocycles. The van der Waals surface area contributed by atoms with Crippen molar-refractivity contribution >= 4 is 27.5 Å². The highest BCUT2D eigenvalue weighted by Crippen LogP contribution is 2.30. The van der Waals surface area contributed by atoms with Crippen molar-refractivity contribution < 1.29 is 4.79 Å². The summed E-state index contributed by atoms with van der Waals surface area (Å²) in [5, 5.41) is 3.21. The van der Waals surface area contributed by atoms with E-state index in [1.54, 1.807) is 0 Å². The first-order valence-electron chi connectivity index (χ1n) is 7.06. The third kappa shape index (κ3) is 3.96. The first-order valence-corrected chi connectivity index (χ1v) is 7.85. The maximum absolute atomic E-state index is 11.0. The molecular formula is C15H22BrN3O. The highest BCUT2D eigenvalue weighted by Gasteiger charge is 2.22. The minimum Gasteiger partial charge on any atom is -0.371 e. The molecule has 3 N–H and O–H groups in total. The van der Waals surface area contributed by atoms with E-state index in [1.807, 2.05) is 7.05 Å². The number of nitrogens with one attached hydrogen (secondary N) is 1. The van der Waals surface area contributed by atoms with Crippen LogP contribution in [0.4, 0.5) is 5.69 Å². The average molecular weight is 340 g/mol. The first kappa shape index (κ1) is 15.3. The number of hydrogen-bond acceptors (Lipinski definition) is 3. The molecule has 1 fully saturated rings. The summed E-state index contributed by atoms with van der Waals surface area (Å²) in [6, 6.07) is 6.42. The van der Waals surface area contributed by atoms with Crippen LogP contribution in [0, 0.1) is 5.92 Å². The summed E-state index contributed by atoms with van der Waals surface area (Å²) >= 11 is 3.55. The van der Waals surface area contributed by atoms with Gasteiger partial charge in [-0.05, 0) is 43.5 Å². The Morgan fingerprint density at radius 3 is 2.75 bits per heavy atom. The zero-order valence-electron chi connectivity index (χ0n) is 11.9. The van der Waals surface area contributed by atoms with Gasteiger partial charge in [-0.2, -0.15) is 0 Å². The number of nitrogens with two attached hydrogens (primary N) is 1. The molecule has 110 valence electrons. The summed E-state index contributed by atoms with van der Waals surface area (Å²) in [6.07, 6.45) is 2.60. The smallest absolute Gasteiger partial charge is 0.217 e. The van der Waals surface area contributed by atoms with Gasteiger partial charge in [-0.1, -0.05) is 22.0 Å². The van der Waals surface area contributed by atoms with Crippen LogP contribution in [0.5, 0.6) is 0 Å². The second kappa shape index (κ2) is 7.09. The van der Waals surface area contributed by atoms with Gasteiger partial charge in [0.15, 0.2) is 0 Å². The summed E-state index contributed by atoms with van der Waals surface area (Å²) in [6.45, 7) is 2.85. The molecule has 1 aromatic rings. The minimum atomic E-state index is -0.179. The SMILES string of the molecule is CNCc1ccc(Br)cc1N1CCC(CC(N)=O)CC1. The number of nitrogens with zero attached hydrogens (tertiary/aromatic N) is 1. The molecule has 1 aliphatic rings. The van der Waals surface area contributed by atoms with Gasteiger partial charge in [-0.25, -0.2) is 0 Å². The zero-order chi connectivity index (χ0) is 14.5. The molecular weight excluding hydrogens is 318 g/mol. The van der Waals surface area contributed by atoms with E-state index < -0.39 is 0 Å².